The number of aromatic nitrogens is 4. The van der Waals surface area contributed by atoms with Crippen LogP contribution >= 0.6 is 11.6 Å². The minimum atomic E-state index is -0.568. The summed E-state index contributed by atoms with van der Waals surface area (Å²) in [4.78, 5) is 11.3. The molecule has 0 aliphatic rings. The van der Waals surface area contributed by atoms with Crippen LogP contribution in [-0.4, -0.2) is 25.9 Å². The molecular formula is C10H6ClN5O. The van der Waals surface area contributed by atoms with Crippen molar-refractivity contribution < 1.29 is 4.79 Å². The van der Waals surface area contributed by atoms with Crippen molar-refractivity contribution in [2.45, 2.75) is 0 Å². The summed E-state index contributed by atoms with van der Waals surface area (Å²) in [5.41, 5.74) is 6.62. The van der Waals surface area contributed by atoms with Crippen LogP contribution in [0.1, 0.15) is 10.4 Å². The summed E-state index contributed by atoms with van der Waals surface area (Å²) in [7, 11) is 0. The fraction of sp³-hybridized carbons (Fsp3) is 0. The zero-order valence-electron chi connectivity index (χ0n) is 8.46. The number of benzene rings is 1. The molecule has 3 rings (SSSR count). The van der Waals surface area contributed by atoms with Crippen molar-refractivity contribution in [3.05, 3.63) is 34.9 Å². The highest BCUT2D eigenvalue weighted by molar-refractivity contribution is 6.31. The Morgan fingerprint density at radius 2 is 2.18 bits per heavy atom. The van der Waals surface area contributed by atoms with Gasteiger partial charge in [-0.05, 0) is 28.6 Å². The number of rotatable bonds is 1. The number of amides is 1. The van der Waals surface area contributed by atoms with Gasteiger partial charge in [0.15, 0.2) is 5.65 Å². The lowest BCUT2D eigenvalue weighted by Gasteiger charge is -2.03. The molecule has 0 atom stereocenters. The fourth-order valence-corrected chi connectivity index (χ4v) is 1.91. The topological polar surface area (TPSA) is 86.2 Å². The number of carbonyl (C=O) groups is 1. The molecule has 7 heteroatoms. The minimum Gasteiger partial charge on any atom is -0.365 e. The Hall–Kier alpha value is -2.21. The van der Waals surface area contributed by atoms with Crippen LogP contribution in [0.25, 0.3) is 16.6 Å². The van der Waals surface area contributed by atoms with Crippen molar-refractivity contribution in [2.24, 2.45) is 5.73 Å². The van der Waals surface area contributed by atoms with Gasteiger partial charge < -0.3 is 5.73 Å². The third kappa shape index (κ3) is 1.42. The van der Waals surface area contributed by atoms with Crippen LogP contribution in [0.5, 0.6) is 0 Å². The second kappa shape index (κ2) is 3.39. The molecule has 0 bridgehead atoms. The quantitative estimate of drug-likeness (QED) is 0.696. The van der Waals surface area contributed by atoms with Crippen LogP contribution in [-0.2, 0) is 0 Å². The first-order valence-corrected chi connectivity index (χ1v) is 5.15. The molecule has 0 fully saturated rings. The van der Waals surface area contributed by atoms with Gasteiger partial charge >= 0.3 is 0 Å². The molecule has 0 saturated heterocycles. The molecule has 2 heterocycles. The standard InChI is InChI=1S/C10H6ClN5O/c11-6-2-1-5-3-7(9(12)17)10-13-14-15-16(10)8(5)4-6/h1-4H,(H2,12,17). The lowest BCUT2D eigenvalue weighted by molar-refractivity contribution is 0.100. The third-order valence-electron chi connectivity index (χ3n) is 2.50. The van der Waals surface area contributed by atoms with E-state index in [1.54, 1.807) is 24.3 Å². The third-order valence-corrected chi connectivity index (χ3v) is 2.73. The Kier molecular flexibility index (Phi) is 1.99. The maximum Gasteiger partial charge on any atom is 0.252 e. The van der Waals surface area contributed by atoms with E-state index >= 15 is 0 Å². The monoisotopic (exact) mass is 247 g/mol. The van der Waals surface area contributed by atoms with Crippen LogP contribution in [0.15, 0.2) is 24.3 Å². The van der Waals surface area contributed by atoms with Gasteiger partial charge in [0, 0.05) is 10.4 Å². The van der Waals surface area contributed by atoms with Gasteiger partial charge in [0.25, 0.3) is 5.91 Å². The average Bonchev–Trinajstić information content (AvgIpc) is 2.76. The molecule has 0 aliphatic heterocycles. The molecule has 2 aromatic heterocycles. The highest BCUT2D eigenvalue weighted by atomic mass is 35.5. The van der Waals surface area contributed by atoms with Gasteiger partial charge in [-0.15, -0.1) is 5.10 Å². The second-order valence-electron chi connectivity index (χ2n) is 3.54. The summed E-state index contributed by atoms with van der Waals surface area (Å²) in [6.07, 6.45) is 0. The Labute approximate surface area is 100.0 Å². The van der Waals surface area contributed by atoms with Gasteiger partial charge in [0.1, 0.15) is 0 Å². The molecule has 0 unspecified atom stereocenters. The van der Waals surface area contributed by atoms with Crippen LogP contribution in [0.2, 0.25) is 5.02 Å². The molecule has 1 aromatic carbocycles. The highest BCUT2D eigenvalue weighted by Crippen LogP contribution is 2.22. The first-order chi connectivity index (χ1) is 8.16. The molecule has 0 aliphatic carbocycles. The minimum absolute atomic E-state index is 0.282. The Morgan fingerprint density at radius 1 is 1.35 bits per heavy atom. The Morgan fingerprint density at radius 3 is 2.94 bits per heavy atom. The summed E-state index contributed by atoms with van der Waals surface area (Å²) < 4.78 is 1.45. The first kappa shape index (κ1) is 9.98. The molecule has 6 nitrogen and oxygen atoms in total. The number of nitrogens with zero attached hydrogens (tertiary/aromatic N) is 4. The first-order valence-electron chi connectivity index (χ1n) is 4.77. The van der Waals surface area contributed by atoms with Crippen LogP contribution in [0.4, 0.5) is 0 Å². The van der Waals surface area contributed by atoms with E-state index in [1.807, 2.05) is 0 Å². The van der Waals surface area contributed by atoms with E-state index < -0.39 is 5.91 Å². The van der Waals surface area contributed by atoms with Gasteiger partial charge in [-0.25, -0.2) is 0 Å². The van der Waals surface area contributed by atoms with Crippen molar-refractivity contribution in [3.8, 4) is 0 Å². The molecule has 0 saturated carbocycles. The zero-order chi connectivity index (χ0) is 12.0. The molecule has 17 heavy (non-hydrogen) atoms. The van der Waals surface area contributed by atoms with Crippen molar-refractivity contribution in [1.82, 2.24) is 20.0 Å². The maximum absolute atomic E-state index is 11.3. The van der Waals surface area contributed by atoms with E-state index in [1.165, 1.54) is 4.52 Å². The van der Waals surface area contributed by atoms with E-state index in [-0.39, 0.29) is 5.56 Å². The van der Waals surface area contributed by atoms with Crippen molar-refractivity contribution in [3.63, 3.8) is 0 Å². The lowest BCUT2D eigenvalue weighted by atomic mass is 10.1. The second-order valence-corrected chi connectivity index (χ2v) is 3.98. The Bertz CT molecular complexity index is 751. The number of carbonyl (C=O) groups excluding carboxylic acids is 1. The van der Waals surface area contributed by atoms with Crippen molar-refractivity contribution in [2.75, 3.05) is 0 Å². The number of halogens is 1. The number of nitrogens with two attached hydrogens (primary N) is 1. The molecule has 0 spiro atoms. The molecule has 84 valence electrons. The maximum atomic E-state index is 11.3. The smallest absolute Gasteiger partial charge is 0.252 e. The van der Waals surface area contributed by atoms with Gasteiger partial charge in [0.05, 0.1) is 11.1 Å². The number of pyridine rings is 1. The summed E-state index contributed by atoms with van der Waals surface area (Å²) in [5, 5.41) is 12.5. The summed E-state index contributed by atoms with van der Waals surface area (Å²) >= 11 is 5.91. The van der Waals surface area contributed by atoms with E-state index in [0.717, 1.165) is 10.9 Å². The Balaban J connectivity index is 2.55. The average molecular weight is 248 g/mol. The predicted molar refractivity (Wildman–Crippen MR) is 61.8 cm³/mol. The zero-order valence-corrected chi connectivity index (χ0v) is 9.22. The van der Waals surface area contributed by atoms with Crippen LogP contribution in [0.3, 0.4) is 0 Å². The van der Waals surface area contributed by atoms with Crippen molar-refractivity contribution >= 4 is 34.1 Å². The van der Waals surface area contributed by atoms with E-state index in [9.17, 15) is 4.79 Å². The molecule has 0 radical (unpaired) electrons. The van der Waals surface area contributed by atoms with E-state index in [0.29, 0.717) is 10.7 Å². The molecule has 3 aromatic rings. The van der Waals surface area contributed by atoms with Gasteiger partial charge in [-0.2, -0.15) is 4.52 Å². The summed E-state index contributed by atoms with van der Waals surface area (Å²) in [5.74, 6) is -0.568. The predicted octanol–water partition coefficient (Wildman–Crippen LogP) is 1.03. The number of hydrogen-bond acceptors (Lipinski definition) is 4. The normalized spacial score (nSPS) is 11.1. The number of primary amides is 1. The number of fused-ring (bicyclic) bond motifs is 3. The van der Waals surface area contributed by atoms with Gasteiger partial charge in [-0.1, -0.05) is 17.7 Å². The van der Waals surface area contributed by atoms with Crippen molar-refractivity contribution in [1.29, 1.82) is 0 Å². The highest BCUT2D eigenvalue weighted by Gasteiger charge is 2.13. The van der Waals surface area contributed by atoms with E-state index in [4.69, 9.17) is 17.3 Å². The summed E-state index contributed by atoms with van der Waals surface area (Å²) in [6, 6.07) is 6.89. The number of tetrazole rings is 1. The van der Waals surface area contributed by atoms with E-state index in [2.05, 4.69) is 15.5 Å². The molecule has 1 amide bonds. The van der Waals surface area contributed by atoms with Crippen LogP contribution in [0, 0.1) is 0 Å². The SMILES string of the molecule is NC(=O)c1cc2ccc(Cl)cc2n2nnnc12. The van der Waals surface area contributed by atoms with Crippen LogP contribution < -0.4 is 5.73 Å². The fourth-order valence-electron chi connectivity index (χ4n) is 1.74. The molecule has 2 N–H and O–H groups in total. The molecular weight excluding hydrogens is 242 g/mol. The lowest BCUT2D eigenvalue weighted by Crippen LogP contribution is -2.13. The van der Waals surface area contributed by atoms with Gasteiger partial charge in [-0.3, -0.25) is 4.79 Å². The summed E-state index contributed by atoms with van der Waals surface area (Å²) in [6.45, 7) is 0. The number of hydrogen-bond donors (Lipinski definition) is 1. The van der Waals surface area contributed by atoms with Gasteiger partial charge in [0.2, 0.25) is 0 Å². The largest absolute Gasteiger partial charge is 0.365 e.